The molecular formula is C15H20O4. The third kappa shape index (κ3) is 2.59. The van der Waals surface area contributed by atoms with E-state index >= 15 is 0 Å². The van der Waals surface area contributed by atoms with Crippen LogP contribution in [0, 0.1) is 17.8 Å². The topological polar surface area (TPSA) is 52.6 Å². The lowest BCUT2D eigenvalue weighted by Crippen LogP contribution is -2.26. The SMILES string of the molecule is O=C1C2C=CC1C(C(=O)OCOC1CCCCC1)C2. The number of Topliss-reactive ketones (excluding diaryl/α,β-unsaturated/α-hetero) is 1. The zero-order chi connectivity index (χ0) is 13.2. The lowest BCUT2D eigenvalue weighted by Gasteiger charge is -2.22. The van der Waals surface area contributed by atoms with Crippen molar-refractivity contribution < 1.29 is 19.1 Å². The highest BCUT2D eigenvalue weighted by molar-refractivity contribution is 5.96. The molecule has 4 nitrogen and oxygen atoms in total. The number of fused-ring (bicyclic) bond motifs is 2. The van der Waals surface area contributed by atoms with Crippen molar-refractivity contribution in [3.05, 3.63) is 12.2 Å². The van der Waals surface area contributed by atoms with Gasteiger partial charge in [0, 0.05) is 11.8 Å². The molecule has 0 N–H and O–H groups in total. The molecule has 3 atom stereocenters. The largest absolute Gasteiger partial charge is 0.438 e. The summed E-state index contributed by atoms with van der Waals surface area (Å²) in [6.45, 7) is 0.0370. The standard InChI is InChI=1S/C15H20O4/c16-14-10-6-7-12(14)13(8-10)15(17)19-9-18-11-4-2-1-3-5-11/h6-7,10-13H,1-5,8-9H2. The highest BCUT2D eigenvalue weighted by Gasteiger charge is 2.47. The van der Waals surface area contributed by atoms with Crippen LogP contribution >= 0.6 is 0 Å². The van der Waals surface area contributed by atoms with E-state index in [4.69, 9.17) is 9.47 Å². The molecule has 19 heavy (non-hydrogen) atoms. The van der Waals surface area contributed by atoms with Crippen LogP contribution in [0.1, 0.15) is 38.5 Å². The lowest BCUT2D eigenvalue weighted by molar-refractivity contribution is -0.168. The molecule has 2 bridgehead atoms. The Morgan fingerprint density at radius 3 is 2.63 bits per heavy atom. The van der Waals surface area contributed by atoms with Gasteiger partial charge in [-0.05, 0) is 19.3 Å². The maximum atomic E-state index is 11.9. The van der Waals surface area contributed by atoms with E-state index < -0.39 is 0 Å². The third-order valence-corrected chi connectivity index (χ3v) is 4.55. The number of hydrogen-bond acceptors (Lipinski definition) is 4. The molecule has 0 aromatic carbocycles. The Bertz CT molecular complexity index is 395. The predicted octanol–water partition coefficient (Wildman–Crippen LogP) is 2.23. The molecule has 3 unspecified atom stereocenters. The fraction of sp³-hybridized carbons (Fsp3) is 0.733. The first-order chi connectivity index (χ1) is 9.25. The number of hydrogen-bond donors (Lipinski definition) is 0. The molecule has 2 saturated carbocycles. The zero-order valence-corrected chi connectivity index (χ0v) is 11.0. The van der Waals surface area contributed by atoms with Crippen molar-refractivity contribution in [2.24, 2.45) is 17.8 Å². The summed E-state index contributed by atoms with van der Waals surface area (Å²) >= 11 is 0. The molecule has 0 aromatic heterocycles. The molecule has 2 fully saturated rings. The predicted molar refractivity (Wildman–Crippen MR) is 68.2 cm³/mol. The first-order valence-corrected chi connectivity index (χ1v) is 7.26. The van der Waals surface area contributed by atoms with Gasteiger partial charge in [0.05, 0.1) is 12.0 Å². The van der Waals surface area contributed by atoms with E-state index in [-0.39, 0.29) is 42.4 Å². The minimum atomic E-state index is -0.280. The number of carbonyl (C=O) groups excluding carboxylic acids is 2. The molecular weight excluding hydrogens is 244 g/mol. The van der Waals surface area contributed by atoms with Crippen LogP contribution in [0.25, 0.3) is 0 Å². The summed E-state index contributed by atoms with van der Waals surface area (Å²) in [5.74, 6) is -0.678. The van der Waals surface area contributed by atoms with Gasteiger partial charge in [-0.1, -0.05) is 31.4 Å². The van der Waals surface area contributed by atoms with Gasteiger partial charge in [-0.25, -0.2) is 0 Å². The molecule has 0 amide bonds. The van der Waals surface area contributed by atoms with Gasteiger partial charge in [0.15, 0.2) is 6.79 Å². The van der Waals surface area contributed by atoms with Crippen molar-refractivity contribution in [2.75, 3.05) is 6.79 Å². The van der Waals surface area contributed by atoms with E-state index in [0.717, 1.165) is 12.8 Å². The quantitative estimate of drug-likeness (QED) is 0.444. The molecule has 104 valence electrons. The number of esters is 1. The molecule has 3 rings (SSSR count). The monoisotopic (exact) mass is 264 g/mol. The van der Waals surface area contributed by atoms with Crippen LogP contribution in [0.2, 0.25) is 0 Å². The smallest absolute Gasteiger partial charge is 0.312 e. The van der Waals surface area contributed by atoms with Crippen molar-refractivity contribution >= 4 is 11.8 Å². The normalized spacial score (nSPS) is 33.9. The summed E-state index contributed by atoms with van der Waals surface area (Å²) in [7, 11) is 0. The van der Waals surface area contributed by atoms with E-state index in [1.807, 2.05) is 12.2 Å². The van der Waals surface area contributed by atoms with E-state index in [2.05, 4.69) is 0 Å². The van der Waals surface area contributed by atoms with Gasteiger partial charge in [0.25, 0.3) is 0 Å². The number of carbonyl (C=O) groups is 2. The van der Waals surface area contributed by atoms with Crippen LogP contribution in [-0.4, -0.2) is 24.6 Å². The Hall–Kier alpha value is -1.16. The molecule has 0 heterocycles. The van der Waals surface area contributed by atoms with Gasteiger partial charge in [-0.3, -0.25) is 9.59 Å². The van der Waals surface area contributed by atoms with Crippen LogP contribution in [0.4, 0.5) is 0 Å². The summed E-state index contributed by atoms with van der Waals surface area (Å²) in [5, 5.41) is 0. The molecule has 3 aliphatic carbocycles. The second-order valence-corrected chi connectivity index (χ2v) is 5.77. The van der Waals surface area contributed by atoms with Crippen LogP contribution in [0.5, 0.6) is 0 Å². The van der Waals surface area contributed by atoms with Crippen LogP contribution in [0.15, 0.2) is 12.2 Å². The molecule has 0 spiro atoms. The molecule has 0 aromatic rings. The minimum absolute atomic E-state index is 0.0370. The van der Waals surface area contributed by atoms with Crippen LogP contribution < -0.4 is 0 Å². The van der Waals surface area contributed by atoms with E-state index in [0.29, 0.717) is 6.42 Å². The Morgan fingerprint density at radius 2 is 2.00 bits per heavy atom. The Labute approximate surface area is 113 Å². The van der Waals surface area contributed by atoms with E-state index in [1.165, 1.54) is 19.3 Å². The van der Waals surface area contributed by atoms with Gasteiger partial charge >= 0.3 is 5.97 Å². The maximum absolute atomic E-state index is 11.9. The van der Waals surface area contributed by atoms with Gasteiger partial charge in [-0.15, -0.1) is 0 Å². The zero-order valence-electron chi connectivity index (χ0n) is 11.0. The van der Waals surface area contributed by atoms with Crippen molar-refractivity contribution in [3.63, 3.8) is 0 Å². The van der Waals surface area contributed by atoms with Gasteiger partial charge in [0.2, 0.25) is 0 Å². The average molecular weight is 264 g/mol. The fourth-order valence-corrected chi connectivity index (χ4v) is 3.41. The summed E-state index contributed by atoms with van der Waals surface area (Å²) in [4.78, 5) is 23.6. The number of ether oxygens (including phenoxy) is 2. The summed E-state index contributed by atoms with van der Waals surface area (Å²) in [5.41, 5.74) is 0. The minimum Gasteiger partial charge on any atom is -0.438 e. The fourth-order valence-electron chi connectivity index (χ4n) is 3.41. The van der Waals surface area contributed by atoms with E-state index in [1.54, 1.807) is 0 Å². The Balaban J connectivity index is 1.42. The molecule has 0 radical (unpaired) electrons. The van der Waals surface area contributed by atoms with Gasteiger partial charge < -0.3 is 9.47 Å². The van der Waals surface area contributed by atoms with Gasteiger partial charge in [-0.2, -0.15) is 0 Å². The average Bonchev–Trinajstić information content (AvgIpc) is 2.95. The summed E-state index contributed by atoms with van der Waals surface area (Å²) in [6, 6.07) is 0. The Kier molecular flexibility index (Phi) is 3.69. The first kappa shape index (κ1) is 12.9. The van der Waals surface area contributed by atoms with Gasteiger partial charge in [0.1, 0.15) is 5.78 Å². The van der Waals surface area contributed by atoms with Crippen LogP contribution in [0.3, 0.4) is 0 Å². The second kappa shape index (κ2) is 5.45. The molecule has 0 saturated heterocycles. The highest BCUT2D eigenvalue weighted by Crippen LogP contribution is 2.41. The highest BCUT2D eigenvalue weighted by atomic mass is 16.7. The van der Waals surface area contributed by atoms with Crippen molar-refractivity contribution in [1.29, 1.82) is 0 Å². The summed E-state index contributed by atoms with van der Waals surface area (Å²) in [6.07, 6.45) is 10.4. The third-order valence-electron chi connectivity index (χ3n) is 4.55. The molecule has 0 aliphatic heterocycles. The van der Waals surface area contributed by atoms with Crippen molar-refractivity contribution in [1.82, 2.24) is 0 Å². The van der Waals surface area contributed by atoms with Crippen molar-refractivity contribution in [3.8, 4) is 0 Å². The van der Waals surface area contributed by atoms with Crippen molar-refractivity contribution in [2.45, 2.75) is 44.6 Å². The molecule has 4 heteroatoms. The maximum Gasteiger partial charge on any atom is 0.312 e. The van der Waals surface area contributed by atoms with E-state index in [9.17, 15) is 9.59 Å². The number of allylic oxidation sites excluding steroid dienone is 2. The Morgan fingerprint density at radius 1 is 1.21 bits per heavy atom. The number of rotatable bonds is 4. The van der Waals surface area contributed by atoms with Crippen LogP contribution in [-0.2, 0) is 19.1 Å². The second-order valence-electron chi connectivity index (χ2n) is 5.77. The summed E-state index contributed by atoms with van der Waals surface area (Å²) < 4.78 is 10.8. The molecule has 3 aliphatic rings. The first-order valence-electron chi connectivity index (χ1n) is 7.26. The number of ketones is 1. The lowest BCUT2D eigenvalue weighted by atomic mass is 9.94.